The zero-order valence-electron chi connectivity index (χ0n) is 16.1. The predicted octanol–water partition coefficient (Wildman–Crippen LogP) is 4.57. The van der Waals surface area contributed by atoms with Gasteiger partial charge in [0.05, 0.1) is 38.3 Å². The second-order valence-corrected chi connectivity index (χ2v) is 8.17. The number of halogens is 1. The molecule has 0 fully saturated rings. The van der Waals surface area contributed by atoms with Gasteiger partial charge in [-0.3, -0.25) is 14.2 Å². The Morgan fingerprint density at radius 3 is 2.26 bits per heavy atom. The lowest BCUT2D eigenvalue weighted by Crippen LogP contribution is -2.22. The third-order valence-corrected chi connectivity index (χ3v) is 6.11. The summed E-state index contributed by atoms with van der Waals surface area (Å²) in [5.74, 6) is 0.830. The van der Waals surface area contributed by atoms with Crippen molar-refractivity contribution in [3.8, 4) is 5.69 Å². The van der Waals surface area contributed by atoms with Crippen LogP contribution in [0.1, 0.15) is 5.82 Å². The molecule has 2 aromatic heterocycles. The third kappa shape index (κ3) is 3.62. The molecule has 0 aliphatic rings. The van der Waals surface area contributed by atoms with Crippen molar-refractivity contribution in [2.24, 2.45) is 0 Å². The van der Waals surface area contributed by atoms with Gasteiger partial charge in [-0.05, 0) is 36.4 Å². The highest BCUT2D eigenvalue weighted by Crippen LogP contribution is 2.27. The van der Waals surface area contributed by atoms with Crippen LogP contribution in [-0.2, 0) is 5.75 Å². The first-order chi connectivity index (χ1) is 15.1. The average molecular weight is 447 g/mol. The maximum atomic E-state index is 13.3. The van der Waals surface area contributed by atoms with E-state index in [1.54, 1.807) is 48.5 Å². The molecule has 0 radical (unpaired) electrons. The molecule has 0 amide bonds. The van der Waals surface area contributed by atoms with Gasteiger partial charge in [0.25, 0.3) is 11.1 Å². The minimum Gasteiger partial charge on any atom is -0.309 e. The van der Waals surface area contributed by atoms with Gasteiger partial charge in [0.2, 0.25) is 0 Å². The van der Waals surface area contributed by atoms with Gasteiger partial charge in [-0.2, -0.15) is 0 Å². The van der Waals surface area contributed by atoms with Crippen LogP contribution in [0.4, 0.5) is 0 Å². The lowest BCUT2D eigenvalue weighted by molar-refractivity contribution is 0.818. The highest BCUT2D eigenvalue weighted by molar-refractivity contribution is 7.98. The summed E-state index contributed by atoms with van der Waals surface area (Å²) >= 11 is 7.71. The van der Waals surface area contributed by atoms with Crippen molar-refractivity contribution in [2.75, 3.05) is 0 Å². The van der Waals surface area contributed by atoms with Crippen molar-refractivity contribution < 1.29 is 0 Å². The molecule has 3 aromatic carbocycles. The molecule has 2 heterocycles. The number of rotatable bonds is 4. The van der Waals surface area contributed by atoms with E-state index in [-0.39, 0.29) is 11.1 Å². The zero-order valence-corrected chi connectivity index (χ0v) is 17.7. The monoisotopic (exact) mass is 446 g/mol. The van der Waals surface area contributed by atoms with E-state index < -0.39 is 0 Å². The molecular formula is C23H15ClN4O2S. The van der Waals surface area contributed by atoms with Crippen LogP contribution in [0.15, 0.2) is 87.5 Å². The second kappa shape index (κ2) is 8.02. The SMILES string of the molecule is O=c1[nH]c(CSc2nc3ccccc3c(=O)n2-c2ccccc2Cl)nc2ccccc12. The van der Waals surface area contributed by atoms with Gasteiger partial charge in [-0.15, -0.1) is 0 Å². The fourth-order valence-corrected chi connectivity index (χ4v) is 4.49. The Morgan fingerprint density at radius 2 is 1.48 bits per heavy atom. The van der Waals surface area contributed by atoms with E-state index in [2.05, 4.69) is 9.97 Å². The molecule has 6 nitrogen and oxygen atoms in total. The number of aromatic nitrogens is 4. The van der Waals surface area contributed by atoms with Crippen LogP contribution in [0.25, 0.3) is 27.5 Å². The molecule has 0 spiro atoms. The fraction of sp³-hybridized carbons (Fsp3) is 0.0435. The quantitative estimate of drug-likeness (QED) is 0.323. The molecule has 0 bridgehead atoms. The van der Waals surface area contributed by atoms with Gasteiger partial charge in [-0.1, -0.05) is 59.8 Å². The molecule has 0 saturated carbocycles. The van der Waals surface area contributed by atoms with Gasteiger partial charge in [-0.25, -0.2) is 9.97 Å². The number of hydrogen-bond donors (Lipinski definition) is 1. The molecule has 1 N–H and O–H groups in total. The van der Waals surface area contributed by atoms with Crippen LogP contribution in [-0.4, -0.2) is 19.5 Å². The summed E-state index contributed by atoms with van der Waals surface area (Å²) in [4.78, 5) is 37.8. The van der Waals surface area contributed by atoms with Crippen molar-refractivity contribution >= 4 is 45.2 Å². The highest BCUT2D eigenvalue weighted by atomic mass is 35.5. The molecule has 8 heteroatoms. The van der Waals surface area contributed by atoms with Crippen LogP contribution in [0.3, 0.4) is 0 Å². The molecule has 0 aliphatic carbocycles. The van der Waals surface area contributed by atoms with Gasteiger partial charge >= 0.3 is 0 Å². The number of aromatic amines is 1. The molecule has 31 heavy (non-hydrogen) atoms. The highest BCUT2D eigenvalue weighted by Gasteiger charge is 2.16. The Balaban J connectivity index is 1.63. The Labute approximate surface area is 185 Å². The van der Waals surface area contributed by atoms with Gasteiger partial charge in [0.1, 0.15) is 5.82 Å². The number of benzene rings is 3. The Kier molecular flexibility index (Phi) is 5.05. The van der Waals surface area contributed by atoms with E-state index in [0.29, 0.717) is 49.2 Å². The van der Waals surface area contributed by atoms with Crippen LogP contribution in [0.2, 0.25) is 5.02 Å². The van der Waals surface area contributed by atoms with Crippen molar-refractivity contribution in [3.05, 3.63) is 104 Å². The van der Waals surface area contributed by atoms with E-state index in [1.165, 1.54) is 16.3 Å². The van der Waals surface area contributed by atoms with Crippen molar-refractivity contribution in [1.82, 2.24) is 19.5 Å². The average Bonchev–Trinajstić information content (AvgIpc) is 2.79. The standard InChI is InChI=1S/C23H15ClN4O2S/c24-16-9-3-6-12-19(16)28-22(30)15-8-2-5-11-18(15)26-23(28)31-13-20-25-17-10-4-1-7-14(17)21(29)27-20/h1-12H,13H2,(H,25,27,29). The van der Waals surface area contributed by atoms with Gasteiger partial charge < -0.3 is 4.98 Å². The predicted molar refractivity (Wildman–Crippen MR) is 124 cm³/mol. The minimum atomic E-state index is -0.207. The van der Waals surface area contributed by atoms with Crippen LogP contribution in [0, 0.1) is 0 Å². The number of hydrogen-bond acceptors (Lipinski definition) is 5. The lowest BCUT2D eigenvalue weighted by atomic mass is 10.2. The van der Waals surface area contributed by atoms with Crippen LogP contribution >= 0.6 is 23.4 Å². The summed E-state index contributed by atoms with van der Waals surface area (Å²) in [6.45, 7) is 0. The molecule has 0 saturated heterocycles. The lowest BCUT2D eigenvalue weighted by Gasteiger charge is -2.14. The van der Waals surface area contributed by atoms with E-state index in [1.807, 2.05) is 24.3 Å². The first kappa shape index (κ1) is 19.5. The summed E-state index contributed by atoms with van der Waals surface area (Å²) in [5.41, 5.74) is 1.36. The number of nitrogens with one attached hydrogen (secondary N) is 1. The first-order valence-electron chi connectivity index (χ1n) is 9.49. The van der Waals surface area contributed by atoms with Crippen LogP contribution in [0.5, 0.6) is 0 Å². The maximum absolute atomic E-state index is 13.3. The van der Waals surface area contributed by atoms with E-state index >= 15 is 0 Å². The maximum Gasteiger partial charge on any atom is 0.266 e. The molecule has 5 rings (SSSR count). The molecule has 0 unspecified atom stereocenters. The third-order valence-electron chi connectivity index (χ3n) is 4.84. The Hall–Kier alpha value is -3.42. The van der Waals surface area contributed by atoms with Gasteiger partial charge in [0, 0.05) is 0 Å². The molecule has 0 atom stereocenters. The van der Waals surface area contributed by atoms with E-state index in [0.717, 1.165) is 0 Å². The second-order valence-electron chi connectivity index (χ2n) is 6.82. The van der Waals surface area contributed by atoms with Crippen molar-refractivity contribution in [2.45, 2.75) is 10.9 Å². The summed E-state index contributed by atoms with van der Waals surface area (Å²) < 4.78 is 1.51. The molecule has 0 aliphatic heterocycles. The molecular weight excluding hydrogens is 432 g/mol. The van der Waals surface area contributed by atoms with Crippen molar-refractivity contribution in [1.29, 1.82) is 0 Å². The van der Waals surface area contributed by atoms with Crippen molar-refractivity contribution in [3.63, 3.8) is 0 Å². The number of para-hydroxylation sites is 3. The molecule has 152 valence electrons. The Morgan fingerprint density at radius 1 is 0.839 bits per heavy atom. The number of nitrogens with zero attached hydrogens (tertiary/aromatic N) is 3. The summed E-state index contributed by atoms with van der Waals surface area (Å²) in [5, 5.41) is 1.95. The van der Waals surface area contributed by atoms with E-state index in [4.69, 9.17) is 16.6 Å². The normalized spacial score (nSPS) is 11.3. The van der Waals surface area contributed by atoms with E-state index in [9.17, 15) is 9.59 Å². The summed E-state index contributed by atoms with van der Waals surface area (Å²) in [6.07, 6.45) is 0. The van der Waals surface area contributed by atoms with Crippen LogP contribution < -0.4 is 11.1 Å². The number of H-pyrrole nitrogens is 1. The summed E-state index contributed by atoms with van der Waals surface area (Å²) in [6, 6.07) is 21.5. The summed E-state index contributed by atoms with van der Waals surface area (Å²) in [7, 11) is 0. The number of fused-ring (bicyclic) bond motifs is 2. The first-order valence-corrected chi connectivity index (χ1v) is 10.9. The van der Waals surface area contributed by atoms with Gasteiger partial charge in [0.15, 0.2) is 5.16 Å². The molecule has 5 aromatic rings. The Bertz CT molecular complexity index is 1560. The smallest absolute Gasteiger partial charge is 0.266 e. The number of thioether (sulfide) groups is 1. The zero-order chi connectivity index (χ0) is 21.4. The fourth-order valence-electron chi connectivity index (χ4n) is 3.39. The topological polar surface area (TPSA) is 80.6 Å². The largest absolute Gasteiger partial charge is 0.309 e. The minimum absolute atomic E-state index is 0.198.